The van der Waals surface area contributed by atoms with Crippen molar-refractivity contribution in [1.82, 2.24) is 19.6 Å². The third kappa shape index (κ3) is 11.0. The monoisotopic (exact) mass is 792 g/mol. The van der Waals surface area contributed by atoms with Crippen molar-refractivity contribution >= 4 is 47.0 Å². The Morgan fingerprint density at radius 1 is 1.05 bits per heavy atom. The van der Waals surface area contributed by atoms with Crippen LogP contribution >= 0.6 is 11.6 Å². The predicted molar refractivity (Wildman–Crippen MR) is 203 cm³/mol. The standard InChI is InChI=1S/C39H52ClF3N6O6/c1-25(27-9-16-47(17-10-27)18-14-34(50)54-3)8-15-46(2)36(51)33(24-26-22-30(39(41,42)43)35(44)31(40)23-26)55-38(53)48-19-12-29(13-20-48)49-21-11-28-6-4-5-7-32(28)45-37(49)52/h4-7,22-23,25,27,29,33H,8-21,24,44H2,1-3H3,(H,45,52)/t25?,33-/m1/s1. The highest BCUT2D eigenvalue weighted by molar-refractivity contribution is 6.33. The highest BCUT2D eigenvalue weighted by Crippen LogP contribution is 2.38. The summed E-state index contributed by atoms with van der Waals surface area (Å²) in [6, 6.07) is 9.44. The zero-order valence-electron chi connectivity index (χ0n) is 31.7. The van der Waals surface area contributed by atoms with Gasteiger partial charge in [-0.3, -0.25) is 9.59 Å². The number of anilines is 2. The van der Waals surface area contributed by atoms with Crippen LogP contribution in [0.3, 0.4) is 0 Å². The molecule has 302 valence electrons. The molecule has 2 aromatic rings. The van der Waals surface area contributed by atoms with Crippen LogP contribution in [0.15, 0.2) is 36.4 Å². The lowest BCUT2D eigenvalue weighted by molar-refractivity contribution is -0.141. The molecule has 2 saturated heterocycles. The smallest absolute Gasteiger partial charge is 0.418 e. The molecule has 0 saturated carbocycles. The maximum absolute atomic E-state index is 14.0. The number of esters is 1. The molecule has 0 radical (unpaired) electrons. The number of piperidine rings is 2. The molecule has 0 bridgehead atoms. The van der Waals surface area contributed by atoms with Crippen LogP contribution in [-0.2, 0) is 38.1 Å². The number of amides is 4. The first-order valence-corrected chi connectivity index (χ1v) is 19.3. The van der Waals surface area contributed by atoms with Gasteiger partial charge in [0.25, 0.3) is 5.91 Å². The zero-order chi connectivity index (χ0) is 39.9. The Bertz CT molecular complexity index is 1680. The van der Waals surface area contributed by atoms with Crippen molar-refractivity contribution in [2.24, 2.45) is 11.8 Å². The van der Waals surface area contributed by atoms with E-state index in [4.69, 9.17) is 26.8 Å². The fourth-order valence-electron chi connectivity index (χ4n) is 7.80. The fraction of sp³-hybridized carbons (Fsp3) is 0.590. The minimum Gasteiger partial charge on any atom is -0.469 e. The van der Waals surface area contributed by atoms with Crippen LogP contribution in [0.4, 0.5) is 34.1 Å². The number of para-hydroxylation sites is 1. The summed E-state index contributed by atoms with van der Waals surface area (Å²) in [6.07, 6.45) is -2.74. The number of nitrogens with two attached hydrogens (primary N) is 1. The van der Waals surface area contributed by atoms with E-state index in [-0.39, 0.29) is 54.1 Å². The van der Waals surface area contributed by atoms with Gasteiger partial charge in [0.15, 0.2) is 6.10 Å². The molecule has 0 aromatic heterocycles. The van der Waals surface area contributed by atoms with Crippen molar-refractivity contribution in [2.45, 2.75) is 76.6 Å². The number of hydrogen-bond acceptors (Lipinski definition) is 8. The van der Waals surface area contributed by atoms with Crippen LogP contribution in [0.1, 0.15) is 62.1 Å². The van der Waals surface area contributed by atoms with Gasteiger partial charge in [-0.05, 0) is 92.8 Å². The summed E-state index contributed by atoms with van der Waals surface area (Å²) >= 11 is 6.12. The molecule has 2 aromatic carbocycles. The molecule has 0 aliphatic carbocycles. The number of carbonyl (C=O) groups is 4. The third-order valence-corrected chi connectivity index (χ3v) is 11.6. The van der Waals surface area contributed by atoms with Gasteiger partial charge in [0.05, 0.1) is 29.8 Å². The maximum atomic E-state index is 14.0. The summed E-state index contributed by atoms with van der Waals surface area (Å²) < 4.78 is 52.1. The van der Waals surface area contributed by atoms with E-state index in [1.54, 1.807) is 11.9 Å². The molecule has 16 heteroatoms. The van der Waals surface area contributed by atoms with Crippen LogP contribution in [0, 0.1) is 11.8 Å². The van der Waals surface area contributed by atoms with Gasteiger partial charge in [-0.2, -0.15) is 13.2 Å². The fourth-order valence-corrected chi connectivity index (χ4v) is 8.04. The Labute approximate surface area is 325 Å². The first-order valence-electron chi connectivity index (χ1n) is 18.9. The minimum absolute atomic E-state index is 0.0466. The van der Waals surface area contributed by atoms with E-state index in [1.807, 2.05) is 24.3 Å². The second-order valence-corrected chi connectivity index (χ2v) is 15.3. The molecule has 3 aliphatic rings. The number of urea groups is 1. The van der Waals surface area contributed by atoms with Crippen molar-refractivity contribution < 1.29 is 41.8 Å². The molecule has 3 N–H and O–H groups in total. The number of hydrogen-bond donors (Lipinski definition) is 2. The van der Waals surface area contributed by atoms with Crippen LogP contribution in [0.25, 0.3) is 0 Å². The normalized spacial score (nSPS) is 18.5. The lowest BCUT2D eigenvalue weighted by Gasteiger charge is -2.38. The highest BCUT2D eigenvalue weighted by Gasteiger charge is 2.37. The van der Waals surface area contributed by atoms with E-state index >= 15 is 0 Å². The molecule has 3 heterocycles. The summed E-state index contributed by atoms with van der Waals surface area (Å²) in [4.78, 5) is 59.2. The number of carbonyl (C=O) groups excluding carboxylic acids is 4. The molecular formula is C39H52ClF3N6O6. The molecule has 3 aliphatic heterocycles. The average molecular weight is 793 g/mol. The predicted octanol–water partition coefficient (Wildman–Crippen LogP) is 6.30. The van der Waals surface area contributed by atoms with Crippen molar-refractivity contribution in [3.8, 4) is 0 Å². The number of ether oxygens (including phenoxy) is 2. The average Bonchev–Trinajstić information content (AvgIpc) is 3.34. The molecule has 55 heavy (non-hydrogen) atoms. The van der Waals surface area contributed by atoms with Gasteiger partial charge in [-0.15, -0.1) is 0 Å². The third-order valence-electron chi connectivity index (χ3n) is 11.3. The molecule has 0 spiro atoms. The SMILES string of the molecule is COC(=O)CCN1CCC(C(C)CCN(C)C(=O)[C@@H](Cc2cc(Cl)c(N)c(C(F)(F)F)c2)OC(=O)N2CCC(N3CCc4ccccc4NC3=O)CC2)CC1. The van der Waals surface area contributed by atoms with Gasteiger partial charge >= 0.3 is 24.3 Å². The van der Waals surface area contributed by atoms with E-state index in [2.05, 4.69) is 17.1 Å². The Kier molecular flexibility index (Phi) is 14.2. The van der Waals surface area contributed by atoms with E-state index in [0.29, 0.717) is 57.7 Å². The number of likely N-dealkylation sites (tertiary alicyclic amines) is 2. The van der Waals surface area contributed by atoms with Crippen LogP contribution in [0.5, 0.6) is 0 Å². The molecule has 5 rings (SSSR count). The van der Waals surface area contributed by atoms with Gasteiger partial charge in [0.1, 0.15) is 0 Å². The van der Waals surface area contributed by atoms with Gasteiger partial charge in [0, 0.05) is 57.9 Å². The van der Waals surface area contributed by atoms with Crippen molar-refractivity contribution in [3.05, 3.63) is 58.1 Å². The molecule has 2 atom stereocenters. The number of nitrogens with zero attached hydrogens (tertiary/aromatic N) is 4. The Morgan fingerprint density at radius 2 is 1.75 bits per heavy atom. The van der Waals surface area contributed by atoms with Gasteiger partial charge in [0.2, 0.25) is 0 Å². The van der Waals surface area contributed by atoms with Crippen molar-refractivity contribution in [1.29, 1.82) is 0 Å². The number of alkyl halides is 3. The van der Waals surface area contributed by atoms with Crippen molar-refractivity contribution in [3.63, 3.8) is 0 Å². The van der Waals surface area contributed by atoms with Gasteiger partial charge in [-0.25, -0.2) is 9.59 Å². The van der Waals surface area contributed by atoms with E-state index in [1.165, 1.54) is 23.0 Å². The molecule has 2 fully saturated rings. The summed E-state index contributed by atoms with van der Waals surface area (Å²) in [5.74, 6) is -0.0909. The number of rotatable bonds is 12. The van der Waals surface area contributed by atoms with Crippen molar-refractivity contribution in [2.75, 3.05) is 71.0 Å². The first kappa shape index (κ1) is 41.9. The molecular weight excluding hydrogens is 741 g/mol. The zero-order valence-corrected chi connectivity index (χ0v) is 32.5. The number of nitrogen functional groups attached to an aromatic ring is 1. The second kappa shape index (κ2) is 18.6. The number of benzene rings is 2. The number of fused-ring (bicyclic) bond motifs is 1. The molecule has 1 unspecified atom stereocenters. The number of nitrogens with one attached hydrogen (secondary N) is 1. The Morgan fingerprint density at radius 3 is 2.42 bits per heavy atom. The largest absolute Gasteiger partial charge is 0.469 e. The summed E-state index contributed by atoms with van der Waals surface area (Å²) in [7, 11) is 2.98. The Balaban J connectivity index is 1.21. The minimum atomic E-state index is -4.79. The second-order valence-electron chi connectivity index (χ2n) is 14.9. The number of likely N-dealkylation sites (N-methyl/N-ethyl adjacent to an activating group) is 1. The first-order chi connectivity index (χ1) is 26.1. The van der Waals surface area contributed by atoms with Crippen LogP contribution in [-0.4, -0.2) is 116 Å². The summed E-state index contributed by atoms with van der Waals surface area (Å²) in [6.45, 7) is 5.91. The lowest BCUT2D eigenvalue weighted by atomic mass is 9.83. The van der Waals surface area contributed by atoms with E-state index in [0.717, 1.165) is 43.2 Å². The number of methoxy groups -OCH3 is 1. The quantitative estimate of drug-likeness (QED) is 0.189. The van der Waals surface area contributed by atoms with E-state index < -0.39 is 35.5 Å². The summed E-state index contributed by atoms with van der Waals surface area (Å²) in [5, 5.41) is 2.66. The van der Waals surface area contributed by atoms with E-state index in [9.17, 15) is 32.3 Å². The Hall–Kier alpha value is -4.24. The molecule has 12 nitrogen and oxygen atoms in total. The topological polar surface area (TPSA) is 138 Å². The molecule has 4 amide bonds. The van der Waals surface area contributed by atoms with Gasteiger partial charge < -0.3 is 40.1 Å². The van der Waals surface area contributed by atoms with Crippen LogP contribution in [0.2, 0.25) is 5.02 Å². The van der Waals surface area contributed by atoms with Gasteiger partial charge in [-0.1, -0.05) is 36.7 Å². The maximum Gasteiger partial charge on any atom is 0.418 e. The van der Waals surface area contributed by atoms with Crippen LogP contribution < -0.4 is 11.1 Å². The summed E-state index contributed by atoms with van der Waals surface area (Å²) in [5.41, 5.74) is 5.79. The highest BCUT2D eigenvalue weighted by atomic mass is 35.5. The number of halogens is 4. The lowest BCUT2D eigenvalue weighted by Crippen LogP contribution is -2.51.